The summed E-state index contributed by atoms with van der Waals surface area (Å²) < 4.78 is 0. The summed E-state index contributed by atoms with van der Waals surface area (Å²) in [6.07, 6.45) is 4.96. The molecule has 0 bridgehead atoms. The average Bonchev–Trinajstić information content (AvgIpc) is 3.26. The van der Waals surface area contributed by atoms with E-state index in [1.807, 2.05) is 0 Å². The summed E-state index contributed by atoms with van der Waals surface area (Å²) in [7, 11) is 0. The zero-order valence-electron chi connectivity index (χ0n) is 13.1. The van der Waals surface area contributed by atoms with Gasteiger partial charge in [0, 0.05) is 24.5 Å². The first-order valence-electron chi connectivity index (χ1n) is 7.47. The van der Waals surface area contributed by atoms with Crippen LogP contribution in [0.5, 0.6) is 0 Å². The lowest BCUT2D eigenvalue weighted by atomic mass is 10.3. The molecule has 1 aliphatic rings. The molecule has 0 saturated carbocycles. The summed E-state index contributed by atoms with van der Waals surface area (Å²) in [4.78, 5) is 37.8. The minimum absolute atomic E-state index is 0.0590. The number of thiazole rings is 1. The Labute approximate surface area is 152 Å². The van der Waals surface area contributed by atoms with Gasteiger partial charge in [-0.3, -0.25) is 14.9 Å². The molecule has 130 valence electrons. The van der Waals surface area contributed by atoms with Crippen molar-refractivity contribution in [2.75, 3.05) is 23.7 Å². The first kappa shape index (κ1) is 17.3. The molecule has 8 nitrogen and oxygen atoms in total. The Kier molecular flexibility index (Phi) is 5.25. The van der Waals surface area contributed by atoms with Crippen LogP contribution in [0.4, 0.5) is 11.1 Å². The number of nitrogens with one attached hydrogen (secondary N) is 2. The molecule has 1 saturated heterocycles. The van der Waals surface area contributed by atoms with Gasteiger partial charge >= 0.3 is 0 Å². The zero-order chi connectivity index (χ0) is 17.8. The summed E-state index contributed by atoms with van der Waals surface area (Å²) in [5.74, 6) is -0.0507. The number of halogens is 1. The highest BCUT2D eigenvalue weighted by molar-refractivity contribution is 7.14. The van der Waals surface area contributed by atoms with Crippen LogP contribution in [-0.2, 0) is 4.79 Å². The van der Waals surface area contributed by atoms with Crippen LogP contribution in [0.3, 0.4) is 0 Å². The fraction of sp³-hybridized carbons (Fsp3) is 0.267. The highest BCUT2D eigenvalue weighted by Crippen LogP contribution is 2.20. The summed E-state index contributed by atoms with van der Waals surface area (Å²) in [5, 5.41) is 8.20. The quantitative estimate of drug-likeness (QED) is 0.772. The number of aromatic nitrogens is 3. The monoisotopic (exact) mass is 378 g/mol. The Morgan fingerprint density at radius 3 is 2.88 bits per heavy atom. The van der Waals surface area contributed by atoms with Gasteiger partial charge in [-0.05, 0) is 12.5 Å². The van der Waals surface area contributed by atoms with E-state index in [1.54, 1.807) is 10.3 Å². The molecule has 0 aliphatic carbocycles. The number of carbonyl (C=O) groups excluding carboxylic acids is 2. The number of carbonyl (C=O) groups is 2. The molecule has 0 spiro atoms. The molecule has 2 amide bonds. The minimum Gasteiger partial charge on any atom is -0.350 e. The highest BCUT2D eigenvalue weighted by Gasteiger charge is 2.28. The van der Waals surface area contributed by atoms with Gasteiger partial charge in [-0.2, -0.15) is 0 Å². The van der Waals surface area contributed by atoms with Crippen LogP contribution in [0.1, 0.15) is 16.9 Å². The van der Waals surface area contributed by atoms with Crippen molar-refractivity contribution in [1.29, 1.82) is 0 Å². The Morgan fingerprint density at radius 1 is 1.40 bits per heavy atom. The predicted octanol–water partition coefficient (Wildman–Crippen LogP) is 2.04. The first-order valence-corrected chi connectivity index (χ1v) is 8.73. The highest BCUT2D eigenvalue weighted by atomic mass is 35.5. The second-order valence-electron chi connectivity index (χ2n) is 5.34. The van der Waals surface area contributed by atoms with Gasteiger partial charge < -0.3 is 10.2 Å². The van der Waals surface area contributed by atoms with Gasteiger partial charge in [0.05, 0.1) is 17.4 Å². The number of anilines is 2. The van der Waals surface area contributed by atoms with Gasteiger partial charge in [0.1, 0.15) is 5.69 Å². The van der Waals surface area contributed by atoms with Gasteiger partial charge in [-0.15, -0.1) is 11.3 Å². The molecule has 0 radical (unpaired) electrons. The van der Waals surface area contributed by atoms with E-state index in [1.165, 1.54) is 23.7 Å². The van der Waals surface area contributed by atoms with E-state index in [0.717, 1.165) is 12.5 Å². The third-order valence-electron chi connectivity index (χ3n) is 3.57. The standard InChI is InChI=1S/C15H15ClN6O2S/c1-2-12(23)21-15-20-11(8-25-15)13(24)22-4-3-10(7-22)19-14-17-5-9(16)6-18-14/h2,5-6,8,10H,1,3-4,7H2,(H,17,18,19)(H,20,21,23)/t10-/m1/s1. The molecular weight excluding hydrogens is 364 g/mol. The lowest BCUT2D eigenvalue weighted by Crippen LogP contribution is -2.32. The SMILES string of the molecule is C=CC(=O)Nc1nc(C(=O)N2CC[C@@H](Nc3ncc(Cl)cn3)C2)cs1. The fourth-order valence-corrected chi connectivity index (χ4v) is 3.16. The Bertz CT molecular complexity index is 794. The van der Waals surface area contributed by atoms with Crippen molar-refractivity contribution < 1.29 is 9.59 Å². The van der Waals surface area contributed by atoms with E-state index >= 15 is 0 Å². The second kappa shape index (κ2) is 7.58. The Hall–Kier alpha value is -2.52. The third kappa shape index (κ3) is 4.31. The van der Waals surface area contributed by atoms with Crippen LogP contribution in [-0.4, -0.2) is 50.8 Å². The summed E-state index contributed by atoms with van der Waals surface area (Å²) in [6, 6.07) is 0.0590. The smallest absolute Gasteiger partial charge is 0.273 e. The van der Waals surface area contributed by atoms with Crippen LogP contribution < -0.4 is 10.6 Å². The zero-order valence-corrected chi connectivity index (χ0v) is 14.7. The molecule has 2 aromatic rings. The molecule has 1 aliphatic heterocycles. The maximum atomic E-state index is 12.5. The number of hydrogen-bond donors (Lipinski definition) is 2. The van der Waals surface area contributed by atoms with Gasteiger partial charge in [0.15, 0.2) is 5.13 Å². The van der Waals surface area contributed by atoms with E-state index in [2.05, 4.69) is 32.2 Å². The van der Waals surface area contributed by atoms with E-state index in [4.69, 9.17) is 11.6 Å². The largest absolute Gasteiger partial charge is 0.350 e. The van der Waals surface area contributed by atoms with Crippen molar-refractivity contribution in [3.8, 4) is 0 Å². The lowest BCUT2D eigenvalue weighted by molar-refractivity contribution is -0.111. The fourth-order valence-electron chi connectivity index (χ4n) is 2.38. The Balaban J connectivity index is 1.58. The molecule has 2 N–H and O–H groups in total. The number of rotatable bonds is 5. The normalized spacial score (nSPS) is 16.5. The minimum atomic E-state index is -0.359. The van der Waals surface area contributed by atoms with E-state index in [9.17, 15) is 9.59 Å². The molecule has 1 fully saturated rings. The molecule has 1 atom stereocenters. The van der Waals surface area contributed by atoms with E-state index < -0.39 is 0 Å². The summed E-state index contributed by atoms with van der Waals surface area (Å²) in [5.41, 5.74) is 0.313. The molecule has 0 aromatic carbocycles. The maximum Gasteiger partial charge on any atom is 0.273 e. The number of amides is 2. The molecule has 10 heteroatoms. The predicted molar refractivity (Wildman–Crippen MR) is 95.9 cm³/mol. The van der Waals surface area contributed by atoms with Crippen molar-refractivity contribution in [3.63, 3.8) is 0 Å². The lowest BCUT2D eigenvalue weighted by Gasteiger charge is -2.16. The number of nitrogens with zero attached hydrogens (tertiary/aromatic N) is 4. The first-order chi connectivity index (χ1) is 12.0. The van der Waals surface area contributed by atoms with E-state index in [0.29, 0.717) is 34.9 Å². The van der Waals surface area contributed by atoms with Crippen molar-refractivity contribution in [2.45, 2.75) is 12.5 Å². The number of hydrogen-bond acceptors (Lipinski definition) is 7. The van der Waals surface area contributed by atoms with Crippen molar-refractivity contribution in [3.05, 3.63) is 41.1 Å². The van der Waals surface area contributed by atoms with Crippen LogP contribution in [0.15, 0.2) is 30.4 Å². The third-order valence-corrected chi connectivity index (χ3v) is 4.52. The van der Waals surface area contributed by atoms with Gasteiger partial charge in [0.25, 0.3) is 5.91 Å². The van der Waals surface area contributed by atoms with Crippen LogP contribution in [0, 0.1) is 0 Å². The van der Waals surface area contributed by atoms with Gasteiger partial charge in [-0.1, -0.05) is 18.2 Å². The molecule has 2 aromatic heterocycles. The number of likely N-dealkylation sites (tertiary alicyclic amines) is 1. The average molecular weight is 379 g/mol. The second-order valence-corrected chi connectivity index (χ2v) is 6.63. The molecule has 3 rings (SSSR count). The Morgan fingerprint density at radius 2 is 2.16 bits per heavy atom. The molecular formula is C15H15ClN6O2S. The molecule has 25 heavy (non-hydrogen) atoms. The van der Waals surface area contributed by atoms with Gasteiger partial charge in [-0.25, -0.2) is 15.0 Å². The maximum absolute atomic E-state index is 12.5. The van der Waals surface area contributed by atoms with Crippen molar-refractivity contribution >= 4 is 45.8 Å². The summed E-state index contributed by atoms with van der Waals surface area (Å²) in [6.45, 7) is 4.51. The topological polar surface area (TPSA) is 100 Å². The van der Waals surface area contributed by atoms with Crippen molar-refractivity contribution in [2.24, 2.45) is 0 Å². The van der Waals surface area contributed by atoms with Crippen LogP contribution in [0.25, 0.3) is 0 Å². The van der Waals surface area contributed by atoms with Crippen molar-refractivity contribution in [1.82, 2.24) is 19.9 Å². The van der Waals surface area contributed by atoms with Crippen LogP contribution in [0.2, 0.25) is 5.02 Å². The van der Waals surface area contributed by atoms with Gasteiger partial charge in [0.2, 0.25) is 11.9 Å². The van der Waals surface area contributed by atoms with Crippen LogP contribution >= 0.6 is 22.9 Å². The van der Waals surface area contributed by atoms with E-state index in [-0.39, 0.29) is 17.9 Å². The molecule has 3 heterocycles. The molecule has 0 unspecified atom stereocenters. The summed E-state index contributed by atoms with van der Waals surface area (Å²) >= 11 is 6.96.